The quantitative estimate of drug-likeness (QED) is 0.657. The average molecular weight is 322 g/mol. The largest absolute Gasteiger partial charge is 0.286 e. The maximum atomic E-state index is 11.3. The van der Waals surface area contributed by atoms with Crippen molar-refractivity contribution in [2.75, 3.05) is 5.75 Å². The normalized spacial score (nSPS) is 13.3. The summed E-state index contributed by atoms with van der Waals surface area (Å²) >= 11 is 0. The highest BCUT2D eigenvalue weighted by Gasteiger charge is 2.27. The number of hydrogen-bond donors (Lipinski definition) is 1. The van der Waals surface area contributed by atoms with Crippen molar-refractivity contribution in [3.63, 3.8) is 0 Å². The molecule has 3 nitrogen and oxygen atoms in total. The summed E-state index contributed by atoms with van der Waals surface area (Å²) in [5, 5.41) is 2.27. The van der Waals surface area contributed by atoms with Crippen LogP contribution in [0.3, 0.4) is 0 Å². The summed E-state index contributed by atoms with van der Waals surface area (Å²) in [6.45, 7) is 1.97. The van der Waals surface area contributed by atoms with E-state index in [-0.39, 0.29) is 11.4 Å². The van der Waals surface area contributed by atoms with E-state index >= 15 is 0 Å². The van der Waals surface area contributed by atoms with Crippen LogP contribution in [0.15, 0.2) is 60.7 Å². The van der Waals surface area contributed by atoms with Crippen LogP contribution in [0.2, 0.25) is 0 Å². The van der Waals surface area contributed by atoms with Crippen LogP contribution in [-0.2, 0) is 10.1 Å². The van der Waals surface area contributed by atoms with Crippen LogP contribution < -0.4 is 10.6 Å². The highest BCUT2D eigenvalue weighted by Crippen LogP contribution is 2.41. The Kier molecular flexibility index (Phi) is 5.51. The zero-order valence-electron chi connectivity index (χ0n) is 11.9. The molecule has 0 aromatic heterocycles. The second kappa shape index (κ2) is 7.17. The van der Waals surface area contributed by atoms with Gasteiger partial charge in [-0.15, -0.1) is 0 Å². The fourth-order valence-corrected chi connectivity index (χ4v) is 6.74. The second-order valence-electron chi connectivity index (χ2n) is 4.85. The van der Waals surface area contributed by atoms with Crippen LogP contribution in [-0.4, -0.2) is 24.4 Å². The molecule has 2 aromatic rings. The van der Waals surface area contributed by atoms with Gasteiger partial charge < -0.3 is 0 Å². The molecule has 0 bridgehead atoms. The Morgan fingerprint density at radius 2 is 1.38 bits per heavy atom. The molecule has 2 rings (SSSR count). The van der Waals surface area contributed by atoms with E-state index in [1.165, 1.54) is 0 Å². The van der Waals surface area contributed by atoms with Crippen LogP contribution in [0.4, 0.5) is 0 Å². The van der Waals surface area contributed by atoms with Gasteiger partial charge in [0.15, 0.2) is 0 Å². The van der Waals surface area contributed by atoms with Crippen molar-refractivity contribution < 1.29 is 13.0 Å². The highest BCUT2D eigenvalue weighted by molar-refractivity contribution is 7.86. The molecule has 21 heavy (non-hydrogen) atoms. The molecule has 0 saturated heterocycles. The van der Waals surface area contributed by atoms with Gasteiger partial charge in [0, 0.05) is 5.66 Å². The van der Waals surface area contributed by atoms with Gasteiger partial charge in [-0.05, 0) is 25.0 Å². The second-order valence-corrected chi connectivity index (χ2v) is 8.85. The van der Waals surface area contributed by atoms with E-state index in [0.717, 1.165) is 10.6 Å². The lowest BCUT2D eigenvalue weighted by Crippen LogP contribution is -2.27. The third-order valence-electron chi connectivity index (χ3n) is 3.31. The fourth-order valence-electron chi connectivity index (χ4n) is 2.37. The molecule has 0 heterocycles. The molecule has 0 aliphatic carbocycles. The Labute approximate surface area is 127 Å². The summed E-state index contributed by atoms with van der Waals surface area (Å²) in [6, 6.07) is 19.9. The molecule has 5 heteroatoms. The summed E-state index contributed by atoms with van der Waals surface area (Å²) in [5.41, 5.74) is -0.0974. The maximum absolute atomic E-state index is 11.3. The molecule has 0 aliphatic heterocycles. The van der Waals surface area contributed by atoms with E-state index in [1.54, 1.807) is 0 Å². The first-order valence-electron chi connectivity index (χ1n) is 6.85. The molecule has 0 aliphatic rings. The van der Waals surface area contributed by atoms with Crippen molar-refractivity contribution in [1.29, 1.82) is 0 Å². The smallest absolute Gasteiger partial charge is 0.265 e. The molecule has 1 atom stereocenters. The van der Waals surface area contributed by atoms with Crippen molar-refractivity contribution in [2.45, 2.75) is 19.0 Å². The van der Waals surface area contributed by atoms with Gasteiger partial charge >= 0.3 is 0 Å². The topological polar surface area (TPSA) is 54.4 Å². The molecule has 0 spiro atoms. The zero-order chi connectivity index (χ0) is 15.3. The molecule has 0 fully saturated rings. The first kappa shape index (κ1) is 16.2. The molecule has 0 amide bonds. The van der Waals surface area contributed by atoms with E-state index in [4.69, 9.17) is 0 Å². The van der Waals surface area contributed by atoms with Crippen LogP contribution in [0.1, 0.15) is 13.3 Å². The molecule has 1 N–H and O–H groups in total. The lowest BCUT2D eigenvalue weighted by Gasteiger charge is -2.26. The predicted molar refractivity (Wildman–Crippen MR) is 89.6 cm³/mol. The minimum Gasteiger partial charge on any atom is -0.286 e. The van der Waals surface area contributed by atoms with Crippen molar-refractivity contribution >= 4 is 28.6 Å². The molecule has 112 valence electrons. The Balaban J connectivity index is 2.45. The number of hydrogen-bond acceptors (Lipinski definition) is 2. The van der Waals surface area contributed by atoms with Gasteiger partial charge in [-0.2, -0.15) is 8.42 Å². The Hall–Kier alpha value is -1.22. The van der Waals surface area contributed by atoms with Gasteiger partial charge in [0.2, 0.25) is 0 Å². The molecular weight excluding hydrogens is 303 g/mol. The highest BCUT2D eigenvalue weighted by atomic mass is 32.2. The minimum atomic E-state index is -3.98. The average Bonchev–Trinajstić information content (AvgIpc) is 2.47. The van der Waals surface area contributed by atoms with E-state index in [9.17, 15) is 13.0 Å². The lowest BCUT2D eigenvalue weighted by atomic mass is 10.3. The lowest BCUT2D eigenvalue weighted by molar-refractivity contribution is 0.481. The third-order valence-corrected chi connectivity index (χ3v) is 7.37. The molecule has 2 aromatic carbocycles. The monoisotopic (exact) mass is 322 g/mol. The van der Waals surface area contributed by atoms with Gasteiger partial charge in [0.05, 0.1) is 5.75 Å². The van der Waals surface area contributed by atoms with E-state index in [1.807, 2.05) is 67.6 Å². The van der Waals surface area contributed by atoms with Gasteiger partial charge in [0.1, 0.15) is 0 Å². The summed E-state index contributed by atoms with van der Waals surface area (Å²) in [4.78, 5) is 0. The van der Waals surface area contributed by atoms with Gasteiger partial charge in [-0.1, -0.05) is 67.6 Å². The SMILES string of the molecule is CCC(CS(=O)(=O)O)P(c1ccccc1)c1ccccc1. The van der Waals surface area contributed by atoms with Gasteiger partial charge in [-0.3, -0.25) is 4.55 Å². The standard InChI is InChI=1S/C16H19O3PS/c1-2-14(13-21(17,18)19)20(15-9-5-3-6-10-15)16-11-7-4-8-12-16/h3-12,14H,2,13H2,1H3,(H,17,18,19). The van der Waals surface area contributed by atoms with E-state index in [0.29, 0.717) is 6.42 Å². The molecule has 1 unspecified atom stereocenters. The maximum Gasteiger partial charge on any atom is 0.265 e. The number of benzene rings is 2. The molecular formula is C16H19O3PS. The predicted octanol–water partition coefficient (Wildman–Crippen LogP) is 2.79. The van der Waals surface area contributed by atoms with Crippen molar-refractivity contribution in [2.24, 2.45) is 0 Å². The fraction of sp³-hybridized carbons (Fsp3) is 0.250. The number of rotatable bonds is 6. The summed E-state index contributed by atoms with van der Waals surface area (Å²) in [5.74, 6) is -0.195. The Bertz CT molecular complexity index is 617. The Morgan fingerprint density at radius 1 is 0.952 bits per heavy atom. The van der Waals surface area contributed by atoms with Crippen molar-refractivity contribution in [3.05, 3.63) is 60.7 Å². The summed E-state index contributed by atoms with van der Waals surface area (Å²) < 4.78 is 31.9. The van der Waals surface area contributed by atoms with Crippen LogP contribution in [0.25, 0.3) is 0 Å². The third kappa shape index (κ3) is 4.63. The summed E-state index contributed by atoms with van der Waals surface area (Å²) in [6.07, 6.45) is 0.704. The molecule has 0 radical (unpaired) electrons. The van der Waals surface area contributed by atoms with Crippen LogP contribution in [0.5, 0.6) is 0 Å². The summed E-state index contributed by atoms with van der Waals surface area (Å²) in [7, 11) is -4.80. The van der Waals surface area contributed by atoms with E-state index in [2.05, 4.69) is 0 Å². The molecule has 0 saturated carbocycles. The van der Waals surface area contributed by atoms with E-state index < -0.39 is 18.0 Å². The first-order valence-corrected chi connectivity index (χ1v) is 9.87. The van der Waals surface area contributed by atoms with Gasteiger partial charge in [-0.25, -0.2) is 0 Å². The van der Waals surface area contributed by atoms with Crippen LogP contribution >= 0.6 is 7.92 Å². The van der Waals surface area contributed by atoms with Crippen molar-refractivity contribution in [3.8, 4) is 0 Å². The van der Waals surface area contributed by atoms with Crippen molar-refractivity contribution in [1.82, 2.24) is 0 Å². The van der Waals surface area contributed by atoms with Crippen LogP contribution in [0, 0.1) is 0 Å². The Morgan fingerprint density at radius 3 is 1.71 bits per heavy atom. The minimum absolute atomic E-state index is 0.0974. The first-order chi connectivity index (χ1) is 10.0. The van der Waals surface area contributed by atoms with Gasteiger partial charge in [0.25, 0.3) is 10.1 Å². The zero-order valence-corrected chi connectivity index (χ0v) is 13.6.